The van der Waals surface area contributed by atoms with Crippen LogP contribution >= 0.6 is 0 Å². The highest BCUT2D eigenvalue weighted by Gasteiger charge is 2.48. The van der Waals surface area contributed by atoms with Gasteiger partial charge in [-0.2, -0.15) is 0 Å². The molecule has 4 atom stereocenters. The van der Waals surface area contributed by atoms with Crippen molar-refractivity contribution in [2.75, 3.05) is 26.4 Å². The third-order valence-corrected chi connectivity index (χ3v) is 5.06. The highest BCUT2D eigenvalue weighted by Crippen LogP contribution is 2.39. The zero-order valence-electron chi connectivity index (χ0n) is 13.7. The average molecular weight is 324 g/mol. The average Bonchev–Trinajstić information content (AvgIpc) is 3.35. The molecular formula is C17H28N2O4. The molecule has 0 radical (unpaired) electrons. The fraction of sp³-hybridized carbons (Fsp3) is 0.882. The van der Waals surface area contributed by atoms with Crippen molar-refractivity contribution in [3.8, 4) is 0 Å². The van der Waals surface area contributed by atoms with Gasteiger partial charge < -0.3 is 20.1 Å². The zero-order valence-corrected chi connectivity index (χ0v) is 13.7. The Labute approximate surface area is 137 Å². The molecule has 0 aromatic carbocycles. The van der Waals surface area contributed by atoms with Crippen molar-refractivity contribution in [3.63, 3.8) is 0 Å². The molecule has 6 nitrogen and oxygen atoms in total. The van der Waals surface area contributed by atoms with Crippen LogP contribution in [-0.4, -0.2) is 50.3 Å². The molecular weight excluding hydrogens is 296 g/mol. The Morgan fingerprint density at radius 1 is 0.696 bits per heavy atom. The fourth-order valence-corrected chi connectivity index (χ4v) is 3.49. The lowest BCUT2D eigenvalue weighted by Gasteiger charge is -2.17. The predicted octanol–water partition coefficient (Wildman–Crippen LogP) is 0.993. The summed E-state index contributed by atoms with van der Waals surface area (Å²) in [6, 6.07) is 0.404. The molecule has 2 amide bonds. The fourth-order valence-electron chi connectivity index (χ4n) is 3.49. The number of ether oxygens (including phenoxy) is 2. The van der Waals surface area contributed by atoms with Crippen LogP contribution < -0.4 is 10.6 Å². The summed E-state index contributed by atoms with van der Waals surface area (Å²) in [6.45, 7) is 2.99. The molecule has 6 heteroatoms. The lowest BCUT2D eigenvalue weighted by atomic mass is 10.1. The molecule has 130 valence electrons. The largest absolute Gasteiger partial charge is 0.381 e. The van der Waals surface area contributed by atoms with Crippen molar-refractivity contribution < 1.29 is 19.1 Å². The first-order valence-electron chi connectivity index (χ1n) is 9.00. The molecule has 2 aliphatic heterocycles. The molecule has 2 saturated heterocycles. The maximum absolute atomic E-state index is 12.3. The van der Waals surface area contributed by atoms with Crippen LogP contribution in [0.15, 0.2) is 0 Å². The molecule has 0 spiro atoms. The van der Waals surface area contributed by atoms with E-state index in [9.17, 15) is 9.59 Å². The Hall–Kier alpha value is -1.14. The van der Waals surface area contributed by atoms with Crippen LogP contribution in [0.2, 0.25) is 0 Å². The molecule has 2 heterocycles. The van der Waals surface area contributed by atoms with Crippen molar-refractivity contribution in [3.05, 3.63) is 0 Å². The molecule has 1 aliphatic carbocycles. The summed E-state index contributed by atoms with van der Waals surface area (Å²) in [5, 5.41) is 6.20. The number of hydrogen-bond donors (Lipinski definition) is 2. The predicted molar refractivity (Wildman–Crippen MR) is 84.8 cm³/mol. The van der Waals surface area contributed by atoms with Crippen LogP contribution in [0.1, 0.15) is 44.9 Å². The van der Waals surface area contributed by atoms with Gasteiger partial charge in [0.2, 0.25) is 11.8 Å². The molecule has 0 bridgehead atoms. The van der Waals surface area contributed by atoms with Crippen LogP contribution in [0.5, 0.6) is 0 Å². The summed E-state index contributed by atoms with van der Waals surface area (Å²) >= 11 is 0. The van der Waals surface area contributed by atoms with Gasteiger partial charge in [0.05, 0.1) is 11.8 Å². The van der Waals surface area contributed by atoms with Gasteiger partial charge in [0.1, 0.15) is 0 Å². The van der Waals surface area contributed by atoms with Crippen molar-refractivity contribution in [2.24, 2.45) is 11.8 Å². The van der Waals surface area contributed by atoms with E-state index < -0.39 is 0 Å². The first kappa shape index (κ1) is 16.7. The van der Waals surface area contributed by atoms with Gasteiger partial charge in [-0.15, -0.1) is 0 Å². The van der Waals surface area contributed by atoms with Gasteiger partial charge in [-0.1, -0.05) is 0 Å². The second-order valence-corrected chi connectivity index (χ2v) is 6.95. The van der Waals surface area contributed by atoms with E-state index in [0.29, 0.717) is 19.6 Å². The normalized spacial score (nSPS) is 34.8. The van der Waals surface area contributed by atoms with Gasteiger partial charge in [0.15, 0.2) is 0 Å². The minimum absolute atomic E-state index is 0.0428. The number of carbonyl (C=O) groups excluding carboxylic acids is 2. The minimum Gasteiger partial charge on any atom is -0.381 e. The van der Waals surface area contributed by atoms with Gasteiger partial charge in [0.25, 0.3) is 0 Å². The smallest absolute Gasteiger partial charge is 0.224 e. The Morgan fingerprint density at radius 2 is 1.17 bits per heavy atom. The first-order chi connectivity index (χ1) is 11.2. The zero-order chi connectivity index (χ0) is 16.1. The molecule has 1 saturated carbocycles. The summed E-state index contributed by atoms with van der Waals surface area (Å²) in [5.41, 5.74) is 0. The highest BCUT2D eigenvalue weighted by molar-refractivity contribution is 5.92. The van der Waals surface area contributed by atoms with E-state index in [-0.39, 0.29) is 35.7 Å². The molecule has 2 N–H and O–H groups in total. The number of carbonyl (C=O) groups is 2. The van der Waals surface area contributed by atoms with Crippen molar-refractivity contribution in [2.45, 2.75) is 57.0 Å². The van der Waals surface area contributed by atoms with Crippen LogP contribution in [0.3, 0.4) is 0 Å². The molecule has 0 aromatic rings. The lowest BCUT2D eigenvalue weighted by Crippen LogP contribution is -2.39. The first-order valence-corrected chi connectivity index (χ1v) is 9.00. The SMILES string of the molecule is O=C(NC1CCCOCC1)[C@H]1C[C@H]1C(=O)NC1CCCOCC1. The maximum Gasteiger partial charge on any atom is 0.224 e. The van der Waals surface area contributed by atoms with Crippen LogP contribution in [0.4, 0.5) is 0 Å². The van der Waals surface area contributed by atoms with Crippen LogP contribution in [-0.2, 0) is 19.1 Å². The Kier molecular flexibility index (Phi) is 5.89. The number of rotatable bonds is 4. The third kappa shape index (κ3) is 4.91. The Morgan fingerprint density at radius 3 is 1.65 bits per heavy atom. The summed E-state index contributed by atoms with van der Waals surface area (Å²) in [7, 11) is 0. The highest BCUT2D eigenvalue weighted by atomic mass is 16.5. The minimum atomic E-state index is -0.138. The van der Waals surface area contributed by atoms with E-state index >= 15 is 0 Å². The molecule has 2 unspecified atom stereocenters. The molecule has 3 fully saturated rings. The summed E-state index contributed by atoms with van der Waals surface area (Å²) in [5.74, 6) is -0.190. The van der Waals surface area contributed by atoms with Crippen LogP contribution in [0.25, 0.3) is 0 Å². The number of hydrogen-bond acceptors (Lipinski definition) is 4. The van der Waals surface area contributed by atoms with E-state index in [2.05, 4.69) is 10.6 Å². The summed E-state index contributed by atoms with van der Waals surface area (Å²) < 4.78 is 10.8. The number of amides is 2. The van der Waals surface area contributed by atoms with Gasteiger partial charge in [-0.3, -0.25) is 9.59 Å². The van der Waals surface area contributed by atoms with E-state index in [1.54, 1.807) is 0 Å². The Bertz CT molecular complexity index is 375. The lowest BCUT2D eigenvalue weighted by molar-refractivity contribution is -0.128. The van der Waals surface area contributed by atoms with Gasteiger partial charge in [-0.25, -0.2) is 0 Å². The topological polar surface area (TPSA) is 76.7 Å². The van der Waals surface area contributed by atoms with Crippen molar-refractivity contribution in [1.29, 1.82) is 0 Å². The quantitative estimate of drug-likeness (QED) is 0.809. The van der Waals surface area contributed by atoms with E-state index in [1.807, 2.05) is 0 Å². The van der Waals surface area contributed by atoms with Gasteiger partial charge in [-0.05, 0) is 44.9 Å². The molecule has 23 heavy (non-hydrogen) atoms. The second kappa shape index (κ2) is 8.11. The van der Waals surface area contributed by atoms with E-state index in [0.717, 1.165) is 51.7 Å². The maximum atomic E-state index is 12.3. The van der Waals surface area contributed by atoms with Crippen molar-refractivity contribution >= 4 is 11.8 Å². The molecule has 3 rings (SSSR count). The van der Waals surface area contributed by atoms with Gasteiger partial charge in [0, 0.05) is 38.5 Å². The standard InChI is InChI=1S/C17H28N2O4/c20-16(18-12-3-1-7-22-9-5-12)14-11-15(14)17(21)19-13-4-2-8-23-10-6-13/h12-15H,1-11H2,(H,18,20)(H,19,21)/t12?,13?,14-,15+. The molecule has 0 aromatic heterocycles. The Balaban J connectivity index is 1.40. The second-order valence-electron chi connectivity index (χ2n) is 6.95. The number of nitrogens with one attached hydrogen (secondary N) is 2. The van der Waals surface area contributed by atoms with E-state index in [4.69, 9.17) is 9.47 Å². The van der Waals surface area contributed by atoms with Gasteiger partial charge >= 0.3 is 0 Å². The van der Waals surface area contributed by atoms with Crippen LogP contribution in [0, 0.1) is 11.8 Å². The summed E-state index contributed by atoms with van der Waals surface area (Å²) in [6.07, 6.45) is 6.35. The third-order valence-electron chi connectivity index (χ3n) is 5.06. The molecule has 3 aliphatic rings. The van der Waals surface area contributed by atoms with E-state index in [1.165, 1.54) is 0 Å². The monoisotopic (exact) mass is 324 g/mol. The van der Waals surface area contributed by atoms with Crippen molar-refractivity contribution in [1.82, 2.24) is 10.6 Å². The summed E-state index contributed by atoms with van der Waals surface area (Å²) in [4.78, 5) is 24.6.